The Hall–Kier alpha value is -3.00. The van der Waals surface area contributed by atoms with Crippen molar-refractivity contribution in [2.45, 2.75) is 12.8 Å². The molecule has 3 aromatic rings. The summed E-state index contributed by atoms with van der Waals surface area (Å²) < 4.78 is 6.20. The van der Waals surface area contributed by atoms with Gasteiger partial charge in [-0.15, -0.1) is 0 Å². The van der Waals surface area contributed by atoms with Gasteiger partial charge in [0.05, 0.1) is 21.7 Å². The van der Waals surface area contributed by atoms with Crippen molar-refractivity contribution < 1.29 is 14.5 Å². The third kappa shape index (κ3) is 4.51. The first-order valence-corrected chi connectivity index (χ1v) is 8.46. The highest BCUT2D eigenvalue weighted by molar-refractivity contribution is 7.22. The highest BCUT2D eigenvalue weighted by Crippen LogP contribution is 2.29. The number of nitro benzene ring substituents is 1. The second-order valence-electron chi connectivity index (χ2n) is 5.24. The topological polar surface area (TPSA) is 94.4 Å². The molecule has 0 aliphatic carbocycles. The van der Waals surface area contributed by atoms with Crippen LogP contribution < -0.4 is 10.1 Å². The van der Waals surface area contributed by atoms with E-state index in [0.717, 1.165) is 5.75 Å². The molecule has 1 heterocycles. The maximum atomic E-state index is 12.0. The Morgan fingerprint density at radius 3 is 2.80 bits per heavy atom. The Morgan fingerprint density at radius 2 is 2.04 bits per heavy atom. The quantitative estimate of drug-likeness (QED) is 0.392. The number of hydrogen-bond acceptors (Lipinski definition) is 6. The van der Waals surface area contributed by atoms with E-state index < -0.39 is 4.92 Å². The normalized spacial score (nSPS) is 10.6. The zero-order valence-electron chi connectivity index (χ0n) is 13.2. The number of ether oxygens (including phenoxy) is 1. The molecule has 3 rings (SSSR count). The van der Waals surface area contributed by atoms with E-state index in [1.54, 1.807) is 6.07 Å². The van der Waals surface area contributed by atoms with Crippen LogP contribution in [0.3, 0.4) is 0 Å². The van der Waals surface area contributed by atoms with Gasteiger partial charge in [0.2, 0.25) is 5.91 Å². The number of rotatable bonds is 7. The van der Waals surface area contributed by atoms with Gasteiger partial charge in [0.1, 0.15) is 5.75 Å². The summed E-state index contributed by atoms with van der Waals surface area (Å²) in [6.07, 6.45) is 0.889. The lowest BCUT2D eigenvalue weighted by atomic mass is 10.3. The van der Waals surface area contributed by atoms with Crippen LogP contribution >= 0.6 is 11.3 Å². The van der Waals surface area contributed by atoms with Gasteiger partial charge in [-0.25, -0.2) is 4.98 Å². The highest BCUT2D eigenvalue weighted by atomic mass is 32.1. The Bertz CT molecular complexity index is 895. The predicted molar refractivity (Wildman–Crippen MR) is 96.1 cm³/mol. The molecule has 1 amide bonds. The second kappa shape index (κ2) is 7.71. The van der Waals surface area contributed by atoms with E-state index in [-0.39, 0.29) is 11.6 Å². The molecule has 1 aromatic heterocycles. The average molecular weight is 357 g/mol. The number of non-ortho nitro benzene ring substituents is 1. The number of nitrogens with one attached hydrogen (secondary N) is 1. The van der Waals surface area contributed by atoms with Crippen LogP contribution in [0.2, 0.25) is 0 Å². The van der Waals surface area contributed by atoms with Crippen LogP contribution in [0.1, 0.15) is 12.8 Å². The Labute approximate surface area is 147 Å². The molecular weight excluding hydrogens is 342 g/mol. The van der Waals surface area contributed by atoms with E-state index in [9.17, 15) is 14.9 Å². The molecule has 8 heteroatoms. The molecule has 0 atom stereocenters. The van der Waals surface area contributed by atoms with Crippen molar-refractivity contribution in [2.75, 3.05) is 11.9 Å². The standard InChI is InChI=1S/C17H15N3O4S/c21-16(7-4-10-24-13-5-2-1-3-6-13)19-17-18-14-9-8-12(20(22)23)11-15(14)25-17/h1-3,5-6,8-9,11H,4,7,10H2,(H,18,19,21). The lowest BCUT2D eigenvalue weighted by Crippen LogP contribution is -2.12. The number of para-hydroxylation sites is 1. The number of nitro groups is 1. The molecule has 0 saturated carbocycles. The van der Waals surface area contributed by atoms with Crippen molar-refractivity contribution in [1.29, 1.82) is 0 Å². The molecule has 1 N–H and O–H groups in total. The molecule has 0 saturated heterocycles. The van der Waals surface area contributed by atoms with Crippen molar-refractivity contribution >= 4 is 38.3 Å². The van der Waals surface area contributed by atoms with Gasteiger partial charge >= 0.3 is 0 Å². The number of hydrogen-bond donors (Lipinski definition) is 1. The lowest BCUT2D eigenvalue weighted by molar-refractivity contribution is -0.384. The molecule has 0 unspecified atom stereocenters. The molecule has 0 radical (unpaired) electrons. The smallest absolute Gasteiger partial charge is 0.270 e. The number of carbonyl (C=O) groups is 1. The van der Waals surface area contributed by atoms with Crippen LogP contribution in [0, 0.1) is 10.1 Å². The van der Waals surface area contributed by atoms with Gasteiger partial charge < -0.3 is 10.1 Å². The largest absolute Gasteiger partial charge is 0.494 e. The maximum absolute atomic E-state index is 12.0. The average Bonchev–Trinajstić information content (AvgIpc) is 3.00. The molecule has 0 bridgehead atoms. The van der Waals surface area contributed by atoms with Gasteiger partial charge in [0.25, 0.3) is 5.69 Å². The number of fused-ring (bicyclic) bond motifs is 1. The Balaban J connectivity index is 1.50. The molecule has 25 heavy (non-hydrogen) atoms. The van der Waals surface area contributed by atoms with E-state index in [0.29, 0.717) is 34.8 Å². The predicted octanol–water partition coefficient (Wildman–Crippen LogP) is 4.00. The van der Waals surface area contributed by atoms with E-state index in [2.05, 4.69) is 10.3 Å². The summed E-state index contributed by atoms with van der Waals surface area (Å²) >= 11 is 1.21. The zero-order valence-corrected chi connectivity index (χ0v) is 14.0. The summed E-state index contributed by atoms with van der Waals surface area (Å²) in [7, 11) is 0. The number of carbonyl (C=O) groups excluding carboxylic acids is 1. The first kappa shape index (κ1) is 16.8. The van der Waals surface area contributed by atoms with E-state index in [1.165, 1.54) is 23.5 Å². The molecule has 0 spiro atoms. The van der Waals surface area contributed by atoms with Crippen molar-refractivity contribution in [1.82, 2.24) is 4.98 Å². The van der Waals surface area contributed by atoms with E-state index >= 15 is 0 Å². The Kier molecular flexibility index (Phi) is 5.20. The SMILES string of the molecule is O=C(CCCOc1ccccc1)Nc1nc2ccc([N+](=O)[O-])cc2s1. The van der Waals surface area contributed by atoms with Crippen molar-refractivity contribution in [2.24, 2.45) is 0 Å². The summed E-state index contributed by atoms with van der Waals surface area (Å²) in [4.78, 5) is 26.6. The number of amides is 1. The summed E-state index contributed by atoms with van der Waals surface area (Å²) in [5.74, 6) is 0.612. The van der Waals surface area contributed by atoms with Crippen molar-refractivity contribution in [3.05, 3.63) is 58.6 Å². The van der Waals surface area contributed by atoms with Crippen LogP contribution in [0.25, 0.3) is 10.2 Å². The van der Waals surface area contributed by atoms with Gasteiger partial charge in [0, 0.05) is 18.6 Å². The highest BCUT2D eigenvalue weighted by Gasteiger charge is 2.12. The first-order valence-electron chi connectivity index (χ1n) is 7.64. The number of nitrogens with zero attached hydrogens (tertiary/aromatic N) is 2. The zero-order chi connectivity index (χ0) is 17.6. The monoisotopic (exact) mass is 357 g/mol. The summed E-state index contributed by atoms with van der Waals surface area (Å²) in [5, 5.41) is 13.9. The second-order valence-corrected chi connectivity index (χ2v) is 6.27. The number of aromatic nitrogens is 1. The molecule has 0 aliphatic heterocycles. The maximum Gasteiger partial charge on any atom is 0.270 e. The molecule has 128 valence electrons. The van der Waals surface area contributed by atoms with Crippen LogP contribution in [0.5, 0.6) is 5.75 Å². The van der Waals surface area contributed by atoms with Gasteiger partial charge in [-0.05, 0) is 24.6 Å². The van der Waals surface area contributed by atoms with E-state index in [4.69, 9.17) is 4.74 Å². The summed E-state index contributed by atoms with van der Waals surface area (Å²) in [6, 6.07) is 13.8. The molecule has 2 aromatic carbocycles. The van der Waals surface area contributed by atoms with Gasteiger partial charge in [-0.2, -0.15) is 0 Å². The molecular formula is C17H15N3O4S. The van der Waals surface area contributed by atoms with Crippen molar-refractivity contribution in [3.8, 4) is 5.75 Å². The van der Waals surface area contributed by atoms with Crippen LogP contribution in [-0.4, -0.2) is 22.4 Å². The molecule has 0 fully saturated rings. The minimum atomic E-state index is -0.454. The van der Waals surface area contributed by atoms with Crippen molar-refractivity contribution in [3.63, 3.8) is 0 Å². The van der Waals surface area contributed by atoms with Gasteiger partial charge in [-0.1, -0.05) is 29.5 Å². The summed E-state index contributed by atoms with van der Waals surface area (Å²) in [6.45, 7) is 0.448. The third-order valence-corrected chi connectivity index (χ3v) is 4.32. The fourth-order valence-electron chi connectivity index (χ4n) is 2.20. The molecule has 0 aliphatic rings. The first-order chi connectivity index (χ1) is 12.1. The minimum absolute atomic E-state index is 0.00656. The number of benzene rings is 2. The van der Waals surface area contributed by atoms with Crippen LogP contribution in [0.15, 0.2) is 48.5 Å². The fraction of sp³-hybridized carbons (Fsp3) is 0.176. The Morgan fingerprint density at radius 1 is 1.24 bits per heavy atom. The lowest BCUT2D eigenvalue weighted by Gasteiger charge is -2.05. The fourth-order valence-corrected chi connectivity index (χ4v) is 3.12. The van der Waals surface area contributed by atoms with Crippen LogP contribution in [0.4, 0.5) is 10.8 Å². The summed E-state index contributed by atoms with van der Waals surface area (Å²) in [5.41, 5.74) is 0.630. The van der Waals surface area contributed by atoms with Crippen LogP contribution in [-0.2, 0) is 4.79 Å². The minimum Gasteiger partial charge on any atom is -0.494 e. The molecule has 7 nitrogen and oxygen atoms in total. The van der Waals surface area contributed by atoms with E-state index in [1.807, 2.05) is 30.3 Å². The number of anilines is 1. The third-order valence-electron chi connectivity index (χ3n) is 3.39. The number of thiazole rings is 1. The van der Waals surface area contributed by atoms with Gasteiger partial charge in [-0.3, -0.25) is 14.9 Å². The van der Waals surface area contributed by atoms with Gasteiger partial charge in [0.15, 0.2) is 5.13 Å².